The Kier molecular flexibility index (Phi) is 4.25. The van der Waals surface area contributed by atoms with Crippen LogP contribution in [0, 0.1) is 0 Å². The Morgan fingerprint density at radius 3 is 2.45 bits per heavy atom. The van der Waals surface area contributed by atoms with Gasteiger partial charge in [-0.25, -0.2) is 0 Å². The predicted octanol–water partition coefficient (Wildman–Crippen LogP) is 1.99. The molecule has 2 aromatic rings. The minimum absolute atomic E-state index is 0.403. The molecule has 22 heavy (non-hydrogen) atoms. The summed E-state index contributed by atoms with van der Waals surface area (Å²) in [5.74, 6) is 0.735. The van der Waals surface area contributed by atoms with E-state index in [-0.39, 0.29) is 0 Å². The van der Waals surface area contributed by atoms with Crippen LogP contribution in [0.5, 0.6) is 11.5 Å². The first-order chi connectivity index (χ1) is 10.8. The molecular weight excluding hydrogens is 278 g/mol. The van der Waals surface area contributed by atoms with Crippen molar-refractivity contribution in [1.29, 1.82) is 0 Å². The van der Waals surface area contributed by atoms with Crippen molar-refractivity contribution in [3.05, 3.63) is 54.1 Å². The molecule has 1 saturated heterocycles. The van der Waals surface area contributed by atoms with E-state index < -0.39 is 5.91 Å². The van der Waals surface area contributed by atoms with Crippen LogP contribution in [-0.2, 0) is 0 Å². The van der Waals surface area contributed by atoms with Gasteiger partial charge in [-0.2, -0.15) is 0 Å². The number of hydrogen-bond acceptors (Lipinski definition) is 4. The van der Waals surface area contributed by atoms with Gasteiger partial charge < -0.3 is 20.7 Å². The summed E-state index contributed by atoms with van der Waals surface area (Å²) in [5.41, 5.74) is 6.82. The van der Waals surface area contributed by atoms with Gasteiger partial charge in [0, 0.05) is 26.2 Å². The molecule has 0 bridgehead atoms. The molecule has 0 aromatic heterocycles. The summed E-state index contributed by atoms with van der Waals surface area (Å²) in [5, 5.41) is 3.32. The number of amides is 1. The zero-order valence-electron chi connectivity index (χ0n) is 12.3. The highest BCUT2D eigenvalue weighted by Gasteiger charge is 2.20. The average molecular weight is 297 g/mol. The molecule has 1 aliphatic rings. The van der Waals surface area contributed by atoms with E-state index in [2.05, 4.69) is 10.2 Å². The molecule has 5 heteroatoms. The van der Waals surface area contributed by atoms with Crippen molar-refractivity contribution >= 4 is 11.6 Å². The van der Waals surface area contributed by atoms with E-state index in [0.29, 0.717) is 17.1 Å². The topological polar surface area (TPSA) is 67.6 Å². The second-order valence-electron chi connectivity index (χ2n) is 5.17. The molecule has 5 nitrogen and oxygen atoms in total. The van der Waals surface area contributed by atoms with Crippen molar-refractivity contribution in [2.24, 2.45) is 5.73 Å². The van der Waals surface area contributed by atoms with E-state index in [0.717, 1.165) is 31.9 Å². The van der Waals surface area contributed by atoms with Crippen LogP contribution in [0.25, 0.3) is 0 Å². The van der Waals surface area contributed by atoms with Crippen molar-refractivity contribution in [2.75, 3.05) is 31.1 Å². The molecule has 1 amide bonds. The lowest BCUT2D eigenvalue weighted by Gasteiger charge is -2.31. The summed E-state index contributed by atoms with van der Waals surface area (Å²) in [6.45, 7) is 3.55. The number of benzene rings is 2. The Labute approximate surface area is 129 Å². The summed E-state index contributed by atoms with van der Waals surface area (Å²) in [6, 6.07) is 14.9. The fraction of sp³-hybridized carbons (Fsp3) is 0.235. The molecule has 0 aliphatic carbocycles. The summed E-state index contributed by atoms with van der Waals surface area (Å²) in [6.07, 6.45) is 0. The molecule has 0 unspecified atom stereocenters. The summed E-state index contributed by atoms with van der Waals surface area (Å²) < 4.78 is 5.99. The lowest BCUT2D eigenvalue weighted by molar-refractivity contribution is 0.0998. The highest BCUT2D eigenvalue weighted by molar-refractivity contribution is 5.98. The maximum Gasteiger partial charge on any atom is 0.252 e. The third kappa shape index (κ3) is 3.04. The number of hydrogen-bond donors (Lipinski definition) is 2. The van der Waals surface area contributed by atoms with Crippen LogP contribution in [0.15, 0.2) is 48.5 Å². The molecule has 114 valence electrons. The minimum atomic E-state index is -0.483. The summed E-state index contributed by atoms with van der Waals surface area (Å²) in [4.78, 5) is 14.0. The number of ether oxygens (including phenoxy) is 1. The summed E-state index contributed by atoms with van der Waals surface area (Å²) in [7, 11) is 0. The van der Waals surface area contributed by atoms with Gasteiger partial charge in [0.15, 0.2) is 5.75 Å². The fourth-order valence-corrected chi connectivity index (χ4v) is 2.59. The Morgan fingerprint density at radius 2 is 1.77 bits per heavy atom. The molecule has 1 fully saturated rings. The van der Waals surface area contributed by atoms with Crippen LogP contribution in [0.2, 0.25) is 0 Å². The molecule has 0 spiro atoms. The number of nitrogens with zero attached hydrogens (tertiary/aromatic N) is 1. The first-order valence-electron chi connectivity index (χ1n) is 7.37. The molecule has 3 rings (SSSR count). The number of para-hydroxylation sites is 2. The number of nitrogens with two attached hydrogens (primary N) is 1. The predicted molar refractivity (Wildman–Crippen MR) is 86.6 cm³/mol. The molecule has 0 atom stereocenters. The summed E-state index contributed by atoms with van der Waals surface area (Å²) >= 11 is 0. The first kappa shape index (κ1) is 14.4. The SMILES string of the molecule is NC(=O)c1cccc(N2CCNCC2)c1Oc1ccccc1. The minimum Gasteiger partial charge on any atom is -0.454 e. The number of rotatable bonds is 4. The monoisotopic (exact) mass is 297 g/mol. The highest BCUT2D eigenvalue weighted by Crippen LogP contribution is 2.35. The highest BCUT2D eigenvalue weighted by atomic mass is 16.5. The van der Waals surface area contributed by atoms with Gasteiger partial charge in [-0.1, -0.05) is 24.3 Å². The van der Waals surface area contributed by atoms with Gasteiger partial charge in [0.25, 0.3) is 5.91 Å². The van der Waals surface area contributed by atoms with Crippen LogP contribution in [0.4, 0.5) is 5.69 Å². The van der Waals surface area contributed by atoms with E-state index in [1.807, 2.05) is 42.5 Å². The van der Waals surface area contributed by atoms with Crippen molar-refractivity contribution in [2.45, 2.75) is 0 Å². The Balaban J connectivity index is 2.01. The van der Waals surface area contributed by atoms with E-state index >= 15 is 0 Å². The van der Waals surface area contributed by atoms with Gasteiger partial charge in [0.05, 0.1) is 11.3 Å². The quantitative estimate of drug-likeness (QED) is 0.905. The van der Waals surface area contributed by atoms with Crippen LogP contribution >= 0.6 is 0 Å². The van der Waals surface area contributed by atoms with Crippen LogP contribution < -0.4 is 20.7 Å². The van der Waals surface area contributed by atoms with E-state index in [1.165, 1.54) is 0 Å². The maximum absolute atomic E-state index is 11.8. The average Bonchev–Trinajstić information content (AvgIpc) is 2.56. The molecule has 3 N–H and O–H groups in total. The number of carbonyl (C=O) groups is 1. The van der Waals surface area contributed by atoms with E-state index in [1.54, 1.807) is 6.07 Å². The van der Waals surface area contributed by atoms with Crippen LogP contribution in [0.3, 0.4) is 0 Å². The smallest absolute Gasteiger partial charge is 0.252 e. The first-order valence-corrected chi connectivity index (χ1v) is 7.37. The van der Waals surface area contributed by atoms with Gasteiger partial charge in [-0.05, 0) is 24.3 Å². The number of anilines is 1. The van der Waals surface area contributed by atoms with E-state index in [9.17, 15) is 4.79 Å². The number of primary amides is 1. The fourth-order valence-electron chi connectivity index (χ4n) is 2.59. The molecule has 1 aliphatic heterocycles. The van der Waals surface area contributed by atoms with E-state index in [4.69, 9.17) is 10.5 Å². The standard InChI is InChI=1S/C17H19N3O2/c18-17(21)14-7-4-8-15(20-11-9-19-10-12-20)16(14)22-13-5-2-1-3-6-13/h1-8,19H,9-12H2,(H2,18,21). The third-order valence-corrected chi connectivity index (χ3v) is 3.68. The second-order valence-corrected chi connectivity index (χ2v) is 5.17. The maximum atomic E-state index is 11.8. The van der Waals surface area contributed by atoms with Crippen molar-refractivity contribution in [3.63, 3.8) is 0 Å². The van der Waals surface area contributed by atoms with Gasteiger partial charge in [-0.15, -0.1) is 0 Å². The zero-order valence-corrected chi connectivity index (χ0v) is 12.3. The van der Waals surface area contributed by atoms with Crippen molar-refractivity contribution in [1.82, 2.24) is 5.32 Å². The third-order valence-electron chi connectivity index (χ3n) is 3.68. The second kappa shape index (κ2) is 6.49. The Bertz CT molecular complexity index is 652. The Morgan fingerprint density at radius 1 is 1.05 bits per heavy atom. The Hall–Kier alpha value is -2.53. The molecule has 0 radical (unpaired) electrons. The lowest BCUT2D eigenvalue weighted by atomic mass is 10.1. The largest absolute Gasteiger partial charge is 0.454 e. The van der Waals surface area contributed by atoms with Gasteiger partial charge in [0.1, 0.15) is 5.75 Å². The normalized spacial score (nSPS) is 14.6. The van der Waals surface area contributed by atoms with Crippen molar-refractivity contribution < 1.29 is 9.53 Å². The van der Waals surface area contributed by atoms with Crippen molar-refractivity contribution in [3.8, 4) is 11.5 Å². The number of piperazine rings is 1. The number of nitrogens with one attached hydrogen (secondary N) is 1. The molecule has 1 heterocycles. The van der Waals surface area contributed by atoms with Crippen LogP contribution in [-0.4, -0.2) is 32.1 Å². The number of carbonyl (C=O) groups excluding carboxylic acids is 1. The van der Waals surface area contributed by atoms with Gasteiger partial charge >= 0.3 is 0 Å². The molecule has 2 aromatic carbocycles. The van der Waals surface area contributed by atoms with Gasteiger partial charge in [0.2, 0.25) is 0 Å². The molecular formula is C17H19N3O2. The lowest BCUT2D eigenvalue weighted by Crippen LogP contribution is -2.43. The van der Waals surface area contributed by atoms with Gasteiger partial charge in [-0.3, -0.25) is 4.79 Å². The zero-order chi connectivity index (χ0) is 15.4. The van der Waals surface area contributed by atoms with Crippen LogP contribution in [0.1, 0.15) is 10.4 Å². The molecule has 0 saturated carbocycles.